The molecule has 0 unspecified atom stereocenters. The van der Waals surface area contributed by atoms with Crippen molar-refractivity contribution >= 4 is 34.1 Å². The highest BCUT2D eigenvalue weighted by Crippen LogP contribution is 2.39. The molecule has 1 amide bonds. The summed E-state index contributed by atoms with van der Waals surface area (Å²) in [7, 11) is 0. The van der Waals surface area contributed by atoms with E-state index in [1.54, 1.807) is 11.8 Å². The SMILES string of the molecule is C=CCSc1nnc(NC(=O)C2CC(C(C)C)C2)s1. The number of amides is 1. The molecule has 2 rings (SSSR count). The van der Waals surface area contributed by atoms with Crippen molar-refractivity contribution in [2.24, 2.45) is 17.8 Å². The Balaban J connectivity index is 1.80. The van der Waals surface area contributed by atoms with E-state index < -0.39 is 0 Å². The summed E-state index contributed by atoms with van der Waals surface area (Å²) in [5.41, 5.74) is 0. The average molecular weight is 297 g/mol. The van der Waals surface area contributed by atoms with Crippen LogP contribution in [0, 0.1) is 17.8 Å². The van der Waals surface area contributed by atoms with Gasteiger partial charge in [0.15, 0.2) is 4.34 Å². The molecule has 1 aliphatic carbocycles. The Morgan fingerprint density at radius 1 is 1.58 bits per heavy atom. The molecule has 1 saturated carbocycles. The van der Waals surface area contributed by atoms with Crippen LogP contribution >= 0.6 is 23.1 Å². The van der Waals surface area contributed by atoms with Crippen molar-refractivity contribution in [3.8, 4) is 0 Å². The number of carbonyl (C=O) groups excluding carboxylic acids is 1. The third-order valence-electron chi connectivity index (χ3n) is 3.45. The summed E-state index contributed by atoms with van der Waals surface area (Å²) in [5.74, 6) is 2.42. The quantitative estimate of drug-likeness (QED) is 0.496. The maximum absolute atomic E-state index is 12.0. The fourth-order valence-electron chi connectivity index (χ4n) is 2.08. The maximum Gasteiger partial charge on any atom is 0.229 e. The van der Waals surface area contributed by atoms with Gasteiger partial charge in [-0.3, -0.25) is 4.79 Å². The van der Waals surface area contributed by atoms with Crippen molar-refractivity contribution in [1.29, 1.82) is 0 Å². The first-order valence-electron chi connectivity index (χ1n) is 6.48. The van der Waals surface area contributed by atoms with Crippen LogP contribution in [-0.4, -0.2) is 21.9 Å². The molecule has 0 bridgehead atoms. The Kier molecular flexibility index (Phi) is 4.99. The van der Waals surface area contributed by atoms with Crippen molar-refractivity contribution in [2.45, 2.75) is 31.0 Å². The lowest BCUT2D eigenvalue weighted by Gasteiger charge is -2.36. The van der Waals surface area contributed by atoms with Gasteiger partial charge in [0.25, 0.3) is 0 Å². The first-order chi connectivity index (χ1) is 9.10. The summed E-state index contributed by atoms with van der Waals surface area (Å²) >= 11 is 3.00. The van der Waals surface area contributed by atoms with Gasteiger partial charge in [-0.1, -0.05) is 43.0 Å². The van der Waals surface area contributed by atoms with Crippen molar-refractivity contribution < 1.29 is 4.79 Å². The van der Waals surface area contributed by atoms with Crippen LogP contribution < -0.4 is 5.32 Å². The Labute approximate surface area is 122 Å². The smallest absolute Gasteiger partial charge is 0.229 e. The minimum atomic E-state index is 0.0910. The lowest BCUT2D eigenvalue weighted by molar-refractivity contribution is -0.124. The van der Waals surface area contributed by atoms with Crippen LogP contribution in [0.4, 0.5) is 5.13 Å². The number of aromatic nitrogens is 2. The van der Waals surface area contributed by atoms with E-state index in [9.17, 15) is 4.79 Å². The highest BCUT2D eigenvalue weighted by Gasteiger charge is 2.36. The fraction of sp³-hybridized carbons (Fsp3) is 0.615. The molecular weight excluding hydrogens is 278 g/mol. The van der Waals surface area contributed by atoms with Gasteiger partial charge in [0.1, 0.15) is 0 Å². The largest absolute Gasteiger partial charge is 0.300 e. The van der Waals surface area contributed by atoms with Gasteiger partial charge in [0, 0.05) is 11.7 Å². The molecular formula is C13H19N3OS2. The third-order valence-corrected chi connectivity index (χ3v) is 5.42. The number of hydrogen-bond donors (Lipinski definition) is 1. The van der Waals surface area contributed by atoms with Gasteiger partial charge in [-0.05, 0) is 24.7 Å². The summed E-state index contributed by atoms with van der Waals surface area (Å²) in [6.45, 7) is 8.09. The van der Waals surface area contributed by atoms with Gasteiger partial charge in [-0.2, -0.15) is 0 Å². The first kappa shape index (κ1) is 14.5. The molecule has 1 N–H and O–H groups in total. The number of carbonyl (C=O) groups is 1. The van der Waals surface area contributed by atoms with E-state index in [1.165, 1.54) is 11.3 Å². The topological polar surface area (TPSA) is 54.9 Å². The van der Waals surface area contributed by atoms with E-state index in [0.29, 0.717) is 17.0 Å². The van der Waals surface area contributed by atoms with Crippen LogP contribution in [0.5, 0.6) is 0 Å². The van der Waals surface area contributed by atoms with Crippen LogP contribution in [0.25, 0.3) is 0 Å². The Bertz CT molecular complexity index is 452. The number of nitrogens with zero attached hydrogens (tertiary/aromatic N) is 2. The van der Waals surface area contributed by atoms with Crippen molar-refractivity contribution in [3.05, 3.63) is 12.7 Å². The molecule has 1 aliphatic rings. The predicted molar refractivity (Wildman–Crippen MR) is 80.5 cm³/mol. The zero-order valence-corrected chi connectivity index (χ0v) is 12.9. The number of nitrogens with one attached hydrogen (secondary N) is 1. The van der Waals surface area contributed by atoms with Gasteiger partial charge in [0.2, 0.25) is 11.0 Å². The monoisotopic (exact) mass is 297 g/mol. The number of anilines is 1. The Morgan fingerprint density at radius 3 is 2.95 bits per heavy atom. The Hall–Kier alpha value is -0.880. The van der Waals surface area contributed by atoms with Gasteiger partial charge in [0.05, 0.1) is 0 Å². The van der Waals surface area contributed by atoms with Crippen LogP contribution in [0.1, 0.15) is 26.7 Å². The van der Waals surface area contributed by atoms with E-state index in [2.05, 4.69) is 35.9 Å². The highest BCUT2D eigenvalue weighted by atomic mass is 32.2. The van der Waals surface area contributed by atoms with Crippen LogP contribution in [-0.2, 0) is 4.79 Å². The molecule has 1 heterocycles. The van der Waals surface area contributed by atoms with E-state index in [1.807, 2.05) is 6.08 Å². The maximum atomic E-state index is 12.0. The number of thioether (sulfide) groups is 1. The second kappa shape index (κ2) is 6.52. The second-order valence-corrected chi connectivity index (χ2v) is 7.38. The molecule has 4 nitrogen and oxygen atoms in total. The lowest BCUT2D eigenvalue weighted by atomic mass is 9.69. The molecule has 19 heavy (non-hydrogen) atoms. The van der Waals surface area contributed by atoms with Gasteiger partial charge < -0.3 is 5.32 Å². The normalized spacial score (nSPS) is 22.1. The van der Waals surface area contributed by atoms with Gasteiger partial charge >= 0.3 is 0 Å². The third kappa shape index (κ3) is 3.79. The molecule has 6 heteroatoms. The molecule has 1 aromatic heterocycles. The molecule has 1 fully saturated rings. The predicted octanol–water partition coefficient (Wildman–Crippen LogP) is 3.44. The van der Waals surface area contributed by atoms with Crippen molar-refractivity contribution in [1.82, 2.24) is 10.2 Å². The van der Waals surface area contributed by atoms with E-state index in [0.717, 1.165) is 22.9 Å². The summed E-state index contributed by atoms with van der Waals surface area (Å²) in [4.78, 5) is 12.0. The molecule has 0 atom stereocenters. The highest BCUT2D eigenvalue weighted by molar-refractivity contribution is 8.01. The van der Waals surface area contributed by atoms with Gasteiger partial charge in [-0.15, -0.1) is 16.8 Å². The van der Waals surface area contributed by atoms with E-state index in [4.69, 9.17) is 0 Å². The minimum absolute atomic E-state index is 0.0910. The summed E-state index contributed by atoms with van der Waals surface area (Å²) in [5, 5.41) is 11.5. The van der Waals surface area contributed by atoms with Crippen LogP contribution in [0.3, 0.4) is 0 Å². The second-order valence-electron chi connectivity index (χ2n) is 5.13. The summed E-state index contributed by atoms with van der Waals surface area (Å²) in [6.07, 6.45) is 3.82. The fourth-order valence-corrected chi connectivity index (χ4v) is 3.59. The number of rotatable bonds is 6. The average Bonchev–Trinajstić information content (AvgIpc) is 2.71. The van der Waals surface area contributed by atoms with Crippen LogP contribution in [0.2, 0.25) is 0 Å². The zero-order valence-electron chi connectivity index (χ0n) is 11.3. The molecule has 104 valence electrons. The Morgan fingerprint density at radius 2 is 2.32 bits per heavy atom. The first-order valence-corrected chi connectivity index (χ1v) is 8.28. The number of hydrogen-bond acceptors (Lipinski definition) is 5. The standard InChI is InChI=1S/C13H19N3OS2/c1-4-5-18-13-16-15-12(19-13)14-11(17)10-6-9(7-10)8(2)3/h4,8-10H,1,5-7H2,2-3H3,(H,14,15,17). The molecule has 0 aliphatic heterocycles. The molecule has 1 aromatic rings. The summed E-state index contributed by atoms with van der Waals surface area (Å²) < 4.78 is 0.865. The minimum Gasteiger partial charge on any atom is -0.300 e. The molecule has 0 saturated heterocycles. The van der Waals surface area contributed by atoms with E-state index >= 15 is 0 Å². The van der Waals surface area contributed by atoms with Crippen molar-refractivity contribution in [3.63, 3.8) is 0 Å². The van der Waals surface area contributed by atoms with Crippen LogP contribution in [0.15, 0.2) is 17.0 Å². The summed E-state index contributed by atoms with van der Waals surface area (Å²) in [6, 6.07) is 0. The lowest BCUT2D eigenvalue weighted by Crippen LogP contribution is -2.36. The van der Waals surface area contributed by atoms with E-state index in [-0.39, 0.29) is 11.8 Å². The molecule has 0 spiro atoms. The molecule has 0 radical (unpaired) electrons. The zero-order chi connectivity index (χ0) is 13.8. The molecule has 0 aromatic carbocycles. The van der Waals surface area contributed by atoms with Crippen molar-refractivity contribution in [2.75, 3.05) is 11.1 Å². The van der Waals surface area contributed by atoms with Gasteiger partial charge in [-0.25, -0.2) is 0 Å².